The van der Waals surface area contributed by atoms with Gasteiger partial charge in [-0.1, -0.05) is 31.2 Å². The van der Waals surface area contributed by atoms with Crippen LogP contribution in [0, 0.1) is 5.82 Å². The molecule has 0 unspecified atom stereocenters. The predicted molar refractivity (Wildman–Crippen MR) is 101 cm³/mol. The molecule has 1 aromatic heterocycles. The van der Waals surface area contributed by atoms with Gasteiger partial charge in [-0.2, -0.15) is 0 Å². The number of halogens is 1. The lowest BCUT2D eigenvalue weighted by Crippen LogP contribution is -2.13. The van der Waals surface area contributed by atoms with E-state index in [1.807, 2.05) is 25.1 Å². The van der Waals surface area contributed by atoms with Crippen LogP contribution in [0.5, 0.6) is 5.75 Å². The molecule has 3 rings (SSSR count). The number of rotatable bonds is 6. The fourth-order valence-corrected chi connectivity index (χ4v) is 2.50. The fourth-order valence-electron chi connectivity index (χ4n) is 2.50. The quantitative estimate of drug-likeness (QED) is 0.639. The summed E-state index contributed by atoms with van der Waals surface area (Å²) in [6, 6.07) is 13.5. The van der Waals surface area contributed by atoms with Gasteiger partial charge < -0.3 is 10.1 Å². The Kier molecular flexibility index (Phi) is 5.59. The molecule has 0 aliphatic heterocycles. The van der Waals surface area contributed by atoms with Gasteiger partial charge in [-0.05, 0) is 42.8 Å². The molecule has 26 heavy (non-hydrogen) atoms. The van der Waals surface area contributed by atoms with E-state index in [2.05, 4.69) is 10.3 Å². The van der Waals surface area contributed by atoms with Crippen LogP contribution in [0.25, 0.3) is 10.9 Å². The Hall–Kier alpha value is -3.21. The minimum atomic E-state index is -0.590. The molecule has 0 fully saturated rings. The Morgan fingerprint density at radius 1 is 1.19 bits per heavy atom. The number of pyridine rings is 1. The zero-order valence-corrected chi connectivity index (χ0v) is 14.4. The largest absolute Gasteiger partial charge is 0.486 e. The van der Waals surface area contributed by atoms with Gasteiger partial charge >= 0.3 is 0 Å². The van der Waals surface area contributed by atoms with Gasteiger partial charge in [-0.15, -0.1) is 0 Å². The summed E-state index contributed by atoms with van der Waals surface area (Å²) >= 11 is 0. The summed E-state index contributed by atoms with van der Waals surface area (Å²) < 4.78 is 19.9. The third-order valence-electron chi connectivity index (χ3n) is 3.81. The lowest BCUT2D eigenvalue weighted by Gasteiger charge is -2.10. The zero-order chi connectivity index (χ0) is 18.4. The van der Waals surface area contributed by atoms with Crippen molar-refractivity contribution in [3.05, 3.63) is 78.3 Å². The topological polar surface area (TPSA) is 51.2 Å². The molecule has 2 aromatic carbocycles. The van der Waals surface area contributed by atoms with E-state index < -0.39 is 11.7 Å². The number of allylic oxidation sites excluding steroid dienone is 1. The van der Waals surface area contributed by atoms with Gasteiger partial charge in [0.1, 0.15) is 6.61 Å². The summed E-state index contributed by atoms with van der Waals surface area (Å²) in [6.45, 7) is 2.29. The monoisotopic (exact) mass is 350 g/mol. The first-order chi connectivity index (χ1) is 12.7. The Bertz CT molecular complexity index is 954. The van der Waals surface area contributed by atoms with E-state index in [9.17, 15) is 9.18 Å². The van der Waals surface area contributed by atoms with E-state index in [0.29, 0.717) is 5.56 Å². The first-order valence-corrected chi connectivity index (χ1v) is 8.41. The molecule has 0 aliphatic rings. The van der Waals surface area contributed by atoms with E-state index in [0.717, 1.165) is 17.3 Å². The molecule has 0 aliphatic carbocycles. The van der Waals surface area contributed by atoms with Gasteiger partial charge in [0.05, 0.1) is 11.2 Å². The van der Waals surface area contributed by atoms with Crippen molar-refractivity contribution in [1.82, 2.24) is 4.98 Å². The summed E-state index contributed by atoms with van der Waals surface area (Å²) in [4.78, 5) is 16.7. The number of carbonyl (C=O) groups excluding carboxylic acids is 1. The normalized spacial score (nSPS) is 11.0. The SMILES string of the molecule is CC/C=C/COc1cccc(NC(=O)c2ccc3ncccc3c2)c1F. The third kappa shape index (κ3) is 4.06. The average molecular weight is 350 g/mol. The Morgan fingerprint density at radius 2 is 2.08 bits per heavy atom. The molecule has 3 aromatic rings. The number of nitrogens with one attached hydrogen (secondary N) is 1. The van der Waals surface area contributed by atoms with Gasteiger partial charge in [0.2, 0.25) is 0 Å². The van der Waals surface area contributed by atoms with Crippen LogP contribution in [-0.2, 0) is 0 Å². The Labute approximate surface area is 151 Å². The highest BCUT2D eigenvalue weighted by Gasteiger charge is 2.13. The first-order valence-electron chi connectivity index (χ1n) is 8.41. The predicted octanol–water partition coefficient (Wildman–Crippen LogP) is 4.97. The smallest absolute Gasteiger partial charge is 0.255 e. The maximum absolute atomic E-state index is 14.5. The van der Waals surface area contributed by atoms with Crippen molar-refractivity contribution < 1.29 is 13.9 Å². The molecule has 132 valence electrons. The number of fused-ring (bicyclic) bond motifs is 1. The van der Waals surface area contributed by atoms with Crippen molar-refractivity contribution >= 4 is 22.5 Å². The number of ether oxygens (including phenoxy) is 1. The molecule has 0 bridgehead atoms. The molecule has 0 radical (unpaired) electrons. The van der Waals surface area contributed by atoms with Crippen molar-refractivity contribution in [1.29, 1.82) is 0 Å². The molecule has 0 saturated heterocycles. The van der Waals surface area contributed by atoms with E-state index in [-0.39, 0.29) is 18.0 Å². The second-order valence-electron chi connectivity index (χ2n) is 5.67. The maximum atomic E-state index is 14.5. The number of amides is 1. The minimum Gasteiger partial charge on any atom is -0.486 e. The van der Waals surface area contributed by atoms with Crippen molar-refractivity contribution in [3.63, 3.8) is 0 Å². The van der Waals surface area contributed by atoms with Crippen molar-refractivity contribution in [2.24, 2.45) is 0 Å². The summed E-state index contributed by atoms with van der Waals surface area (Å²) in [5.74, 6) is -0.878. The molecule has 1 heterocycles. The number of aromatic nitrogens is 1. The molecular formula is C21H19FN2O2. The second-order valence-corrected chi connectivity index (χ2v) is 5.67. The van der Waals surface area contributed by atoms with Crippen LogP contribution in [0.15, 0.2) is 66.9 Å². The molecule has 0 saturated carbocycles. The lowest BCUT2D eigenvalue weighted by molar-refractivity contribution is 0.102. The van der Waals surface area contributed by atoms with Gasteiger partial charge in [0, 0.05) is 17.1 Å². The lowest BCUT2D eigenvalue weighted by atomic mass is 10.1. The summed E-state index contributed by atoms with van der Waals surface area (Å²) in [7, 11) is 0. The molecule has 1 N–H and O–H groups in total. The number of hydrogen-bond donors (Lipinski definition) is 1. The van der Waals surface area contributed by atoms with E-state index in [1.165, 1.54) is 12.1 Å². The van der Waals surface area contributed by atoms with E-state index >= 15 is 0 Å². The van der Waals surface area contributed by atoms with E-state index in [4.69, 9.17) is 4.74 Å². The molecule has 0 spiro atoms. The highest BCUT2D eigenvalue weighted by atomic mass is 19.1. The summed E-state index contributed by atoms with van der Waals surface area (Å²) in [5.41, 5.74) is 1.31. The standard InChI is InChI=1S/C21H19FN2O2/c1-2-3-4-13-26-19-9-5-8-18(20(19)22)24-21(25)16-10-11-17-15(14-16)7-6-12-23-17/h3-12,14H,2,13H2,1H3,(H,24,25)/b4-3+. The summed E-state index contributed by atoms with van der Waals surface area (Å²) in [6.07, 6.45) is 6.35. The number of carbonyl (C=O) groups is 1. The minimum absolute atomic E-state index is 0.0817. The van der Waals surface area contributed by atoms with Crippen molar-refractivity contribution in [2.45, 2.75) is 13.3 Å². The first kappa shape index (κ1) is 17.6. The van der Waals surface area contributed by atoms with Crippen LogP contribution in [0.1, 0.15) is 23.7 Å². The van der Waals surface area contributed by atoms with Gasteiger partial charge in [-0.3, -0.25) is 9.78 Å². The fraction of sp³-hybridized carbons (Fsp3) is 0.143. The molecule has 0 atom stereocenters. The number of anilines is 1. The van der Waals surface area contributed by atoms with Gasteiger partial charge in [-0.25, -0.2) is 4.39 Å². The Balaban J connectivity index is 1.76. The average Bonchev–Trinajstić information content (AvgIpc) is 2.67. The number of hydrogen-bond acceptors (Lipinski definition) is 3. The van der Waals surface area contributed by atoms with Crippen LogP contribution in [-0.4, -0.2) is 17.5 Å². The molecule has 5 heteroatoms. The van der Waals surface area contributed by atoms with Gasteiger partial charge in [0.25, 0.3) is 5.91 Å². The highest BCUT2D eigenvalue weighted by Crippen LogP contribution is 2.25. The molecule has 1 amide bonds. The maximum Gasteiger partial charge on any atom is 0.255 e. The zero-order valence-electron chi connectivity index (χ0n) is 14.4. The summed E-state index contributed by atoms with van der Waals surface area (Å²) in [5, 5.41) is 3.45. The van der Waals surface area contributed by atoms with Crippen LogP contribution in [0.3, 0.4) is 0 Å². The number of benzene rings is 2. The van der Waals surface area contributed by atoms with Crippen molar-refractivity contribution in [2.75, 3.05) is 11.9 Å². The second kappa shape index (κ2) is 8.25. The third-order valence-corrected chi connectivity index (χ3v) is 3.81. The van der Waals surface area contributed by atoms with Crippen LogP contribution in [0.4, 0.5) is 10.1 Å². The Morgan fingerprint density at radius 3 is 2.92 bits per heavy atom. The number of nitrogens with zero attached hydrogens (tertiary/aromatic N) is 1. The van der Waals surface area contributed by atoms with Crippen molar-refractivity contribution in [3.8, 4) is 5.75 Å². The molecular weight excluding hydrogens is 331 g/mol. The van der Waals surface area contributed by atoms with E-state index in [1.54, 1.807) is 36.5 Å². The highest BCUT2D eigenvalue weighted by molar-refractivity contribution is 6.06. The van der Waals surface area contributed by atoms with Crippen LogP contribution >= 0.6 is 0 Å². The van der Waals surface area contributed by atoms with Crippen LogP contribution < -0.4 is 10.1 Å². The molecule has 4 nitrogen and oxygen atoms in total. The van der Waals surface area contributed by atoms with Crippen LogP contribution in [0.2, 0.25) is 0 Å². The van der Waals surface area contributed by atoms with Gasteiger partial charge in [0.15, 0.2) is 11.6 Å².